The van der Waals surface area contributed by atoms with Crippen molar-refractivity contribution in [3.8, 4) is 68.4 Å². The first-order valence-corrected chi connectivity index (χ1v) is 16.3. The molecule has 0 saturated heterocycles. The molecule has 0 atom stereocenters. The van der Waals surface area contributed by atoms with Crippen molar-refractivity contribution in [3.63, 3.8) is 0 Å². The second-order valence-electron chi connectivity index (χ2n) is 12.1. The van der Waals surface area contributed by atoms with Crippen molar-refractivity contribution in [2.24, 2.45) is 0 Å². The highest BCUT2D eigenvalue weighted by Crippen LogP contribution is 2.46. The summed E-state index contributed by atoms with van der Waals surface area (Å²) in [5.74, 6) is 0. The van der Waals surface area contributed by atoms with Gasteiger partial charge in [-0.1, -0.05) is 109 Å². The van der Waals surface area contributed by atoms with E-state index in [1.807, 2.05) is 72.8 Å². The molecular weight excluding hydrogens is 623 g/mol. The van der Waals surface area contributed by atoms with Crippen LogP contribution in [0.15, 0.2) is 152 Å². The molecule has 0 spiro atoms. The molecule has 1 heterocycles. The average Bonchev–Trinajstić information content (AvgIpc) is 3.55. The van der Waals surface area contributed by atoms with Gasteiger partial charge in [0.25, 0.3) is 0 Å². The molecule has 0 N–H and O–H groups in total. The number of aromatic nitrogens is 1. The normalized spacial score (nSPS) is 10.7. The fourth-order valence-electron chi connectivity index (χ4n) is 7.17. The molecule has 0 aliphatic carbocycles. The Kier molecular flexibility index (Phi) is 7.64. The summed E-state index contributed by atoms with van der Waals surface area (Å²) in [7, 11) is 0. The summed E-state index contributed by atoms with van der Waals surface area (Å²) in [6, 6.07) is 56.3. The molecule has 234 valence electrons. The minimum atomic E-state index is 0.387. The molecule has 5 heteroatoms. The summed E-state index contributed by atoms with van der Waals surface area (Å²) in [4.78, 5) is 3.83. The molecule has 0 radical (unpaired) electrons. The standard InChI is InChI=1S/C46H25N5/c1-50-41-22-9-18-34(29-49)44(41)38-19-11-23-42-45(38)40-21-10-20-39(43-32(27-47)16-8-17-33(43)28-48)46(40)51(42)37-25-35(30-12-4-2-5-13-30)24-36(26-37)31-14-6-3-7-15-31/h2-26H. The van der Waals surface area contributed by atoms with Crippen LogP contribution in [0, 0.1) is 40.6 Å². The maximum atomic E-state index is 10.3. The zero-order chi connectivity index (χ0) is 34.9. The van der Waals surface area contributed by atoms with Crippen LogP contribution >= 0.6 is 0 Å². The summed E-state index contributed by atoms with van der Waals surface area (Å²) in [6.45, 7) is 8.01. The highest BCUT2D eigenvalue weighted by Gasteiger charge is 2.24. The summed E-state index contributed by atoms with van der Waals surface area (Å²) in [5, 5.41) is 32.6. The number of rotatable bonds is 5. The Bertz CT molecular complexity index is 2710. The van der Waals surface area contributed by atoms with Crippen molar-refractivity contribution in [1.29, 1.82) is 15.8 Å². The molecule has 0 fully saturated rings. The lowest BCUT2D eigenvalue weighted by Gasteiger charge is -2.16. The molecule has 8 rings (SSSR count). The fraction of sp³-hybridized carbons (Fsp3) is 0. The smallest absolute Gasteiger partial charge is 0.196 e. The number of hydrogen-bond acceptors (Lipinski definition) is 3. The number of hydrogen-bond donors (Lipinski definition) is 0. The predicted molar refractivity (Wildman–Crippen MR) is 203 cm³/mol. The molecular formula is C46H25N5. The van der Waals surface area contributed by atoms with E-state index in [-0.39, 0.29) is 0 Å². The van der Waals surface area contributed by atoms with Crippen molar-refractivity contribution < 1.29 is 0 Å². The molecule has 0 amide bonds. The summed E-state index contributed by atoms with van der Waals surface area (Å²) in [5.41, 5.74) is 10.9. The van der Waals surface area contributed by atoms with Gasteiger partial charge >= 0.3 is 0 Å². The third-order valence-corrected chi connectivity index (χ3v) is 9.33. The molecule has 7 aromatic carbocycles. The zero-order valence-corrected chi connectivity index (χ0v) is 27.2. The largest absolute Gasteiger partial charge is 0.309 e. The van der Waals surface area contributed by atoms with E-state index in [1.54, 1.807) is 36.4 Å². The van der Waals surface area contributed by atoms with E-state index in [9.17, 15) is 15.8 Å². The van der Waals surface area contributed by atoms with E-state index in [2.05, 4.69) is 70.1 Å². The maximum Gasteiger partial charge on any atom is 0.196 e. The van der Waals surface area contributed by atoms with E-state index in [4.69, 9.17) is 6.57 Å². The number of para-hydroxylation sites is 1. The van der Waals surface area contributed by atoms with E-state index in [0.717, 1.165) is 60.9 Å². The Morgan fingerprint density at radius 1 is 0.490 bits per heavy atom. The SMILES string of the molecule is [C-]#[N+]c1cccc(C#N)c1-c1cccc2c1c1cccc(-c3c(C#N)cccc3C#N)c1n2-c1cc(-c2ccccc2)cc(-c2ccccc2)c1. The van der Waals surface area contributed by atoms with Crippen molar-refractivity contribution >= 4 is 27.5 Å². The third kappa shape index (κ3) is 5.08. The zero-order valence-electron chi connectivity index (χ0n) is 27.2. The highest BCUT2D eigenvalue weighted by atomic mass is 15.0. The second-order valence-corrected chi connectivity index (χ2v) is 12.1. The number of benzene rings is 7. The monoisotopic (exact) mass is 647 g/mol. The van der Waals surface area contributed by atoms with Crippen molar-refractivity contribution in [3.05, 3.63) is 180 Å². The van der Waals surface area contributed by atoms with Crippen molar-refractivity contribution in [2.75, 3.05) is 0 Å². The second kappa shape index (κ2) is 12.7. The van der Waals surface area contributed by atoms with Gasteiger partial charge in [-0.3, -0.25) is 0 Å². The van der Waals surface area contributed by atoms with Gasteiger partial charge in [0.2, 0.25) is 0 Å². The summed E-state index contributed by atoms with van der Waals surface area (Å²) < 4.78 is 2.20. The predicted octanol–water partition coefficient (Wildman–Crippen LogP) is 11.6. The first kappa shape index (κ1) is 30.6. The Labute approximate surface area is 295 Å². The summed E-state index contributed by atoms with van der Waals surface area (Å²) >= 11 is 0. The van der Waals surface area contributed by atoms with Crippen LogP contribution in [0.25, 0.3) is 76.8 Å². The van der Waals surface area contributed by atoms with Crippen LogP contribution in [-0.4, -0.2) is 4.57 Å². The van der Waals surface area contributed by atoms with Gasteiger partial charge in [0.15, 0.2) is 5.69 Å². The minimum Gasteiger partial charge on any atom is -0.309 e. The molecule has 0 aliphatic heterocycles. The van der Waals surface area contributed by atoms with Gasteiger partial charge in [-0.15, -0.1) is 0 Å². The average molecular weight is 648 g/mol. The van der Waals surface area contributed by atoms with Gasteiger partial charge in [-0.2, -0.15) is 15.8 Å². The van der Waals surface area contributed by atoms with Crippen LogP contribution in [0.1, 0.15) is 16.7 Å². The lowest BCUT2D eigenvalue weighted by Crippen LogP contribution is -1.99. The topological polar surface area (TPSA) is 80.7 Å². The highest BCUT2D eigenvalue weighted by molar-refractivity contribution is 6.20. The van der Waals surface area contributed by atoms with Crippen LogP contribution in [0.4, 0.5) is 5.69 Å². The first-order chi connectivity index (χ1) is 25.1. The van der Waals surface area contributed by atoms with Gasteiger partial charge in [-0.05, 0) is 70.3 Å². The van der Waals surface area contributed by atoms with E-state index < -0.39 is 0 Å². The van der Waals surface area contributed by atoms with Gasteiger partial charge in [0.05, 0.1) is 46.9 Å². The van der Waals surface area contributed by atoms with Crippen LogP contribution in [-0.2, 0) is 0 Å². The number of nitriles is 3. The molecule has 8 aromatic rings. The number of nitrogens with zero attached hydrogens (tertiary/aromatic N) is 5. The van der Waals surface area contributed by atoms with E-state index in [1.165, 1.54) is 0 Å². The Morgan fingerprint density at radius 3 is 1.61 bits per heavy atom. The van der Waals surface area contributed by atoms with Crippen LogP contribution in [0.2, 0.25) is 0 Å². The molecule has 51 heavy (non-hydrogen) atoms. The van der Waals surface area contributed by atoms with Crippen LogP contribution in [0.5, 0.6) is 0 Å². The Morgan fingerprint density at radius 2 is 1.02 bits per heavy atom. The van der Waals surface area contributed by atoms with Gasteiger partial charge in [0.1, 0.15) is 0 Å². The molecule has 0 bridgehead atoms. The number of fused-ring (bicyclic) bond motifs is 3. The maximum absolute atomic E-state index is 10.3. The Hall–Kier alpha value is -7.70. The van der Waals surface area contributed by atoms with Gasteiger partial charge in [-0.25, -0.2) is 4.85 Å². The van der Waals surface area contributed by atoms with Crippen LogP contribution < -0.4 is 0 Å². The quantitative estimate of drug-likeness (QED) is 0.174. The molecule has 5 nitrogen and oxygen atoms in total. The van der Waals surface area contributed by atoms with E-state index >= 15 is 0 Å². The Balaban J connectivity index is 1.59. The fourth-order valence-corrected chi connectivity index (χ4v) is 7.17. The van der Waals surface area contributed by atoms with Crippen LogP contribution in [0.3, 0.4) is 0 Å². The third-order valence-electron chi connectivity index (χ3n) is 9.33. The minimum absolute atomic E-state index is 0.387. The van der Waals surface area contributed by atoms with Gasteiger partial charge in [0, 0.05) is 38.7 Å². The molecule has 0 unspecified atom stereocenters. The summed E-state index contributed by atoms with van der Waals surface area (Å²) in [6.07, 6.45) is 0. The lowest BCUT2D eigenvalue weighted by molar-refractivity contribution is 1.18. The molecule has 1 aromatic heterocycles. The van der Waals surface area contributed by atoms with Crippen molar-refractivity contribution in [2.45, 2.75) is 0 Å². The first-order valence-electron chi connectivity index (χ1n) is 16.3. The van der Waals surface area contributed by atoms with Crippen molar-refractivity contribution in [1.82, 2.24) is 4.57 Å². The van der Waals surface area contributed by atoms with Gasteiger partial charge < -0.3 is 4.57 Å². The van der Waals surface area contributed by atoms with E-state index in [0.29, 0.717) is 33.5 Å². The molecule has 0 saturated carbocycles. The molecule has 0 aliphatic rings. The lowest BCUT2D eigenvalue weighted by atomic mass is 9.91.